The largest absolute Gasteiger partial charge is 0.354 e. The number of nitrogens with zero attached hydrogens (tertiary/aromatic N) is 3. The fourth-order valence-corrected chi connectivity index (χ4v) is 16.9. The van der Waals surface area contributed by atoms with E-state index in [9.17, 15) is 0 Å². The highest BCUT2D eigenvalue weighted by molar-refractivity contribution is 8.86. The highest BCUT2D eigenvalue weighted by Gasteiger charge is 2.27. The van der Waals surface area contributed by atoms with Gasteiger partial charge in [0.2, 0.25) is 0 Å². The molecule has 3 fully saturated rings. The summed E-state index contributed by atoms with van der Waals surface area (Å²) >= 11 is 18.2. The Morgan fingerprint density at radius 1 is 0.511 bits per heavy atom. The summed E-state index contributed by atoms with van der Waals surface area (Å²) in [5.41, 5.74) is 0. The first-order valence-electron chi connectivity index (χ1n) is 17.8. The van der Waals surface area contributed by atoms with Crippen molar-refractivity contribution in [1.82, 2.24) is 14.7 Å². The van der Waals surface area contributed by atoms with Gasteiger partial charge in [-0.1, -0.05) is 148 Å². The molecule has 0 unspecified atom stereocenters. The first-order chi connectivity index (χ1) is 22.0. The van der Waals surface area contributed by atoms with E-state index >= 15 is 0 Å². The van der Waals surface area contributed by atoms with Crippen LogP contribution < -0.4 is 0 Å². The van der Waals surface area contributed by atoms with Gasteiger partial charge in [-0.25, -0.2) is 0 Å². The van der Waals surface area contributed by atoms with Gasteiger partial charge in [0.1, 0.15) is 13.0 Å². The molecule has 0 aromatic heterocycles. The van der Waals surface area contributed by atoms with Crippen molar-refractivity contribution < 1.29 is 0 Å². The zero-order valence-corrected chi connectivity index (χ0v) is 35.4. The highest BCUT2D eigenvalue weighted by Crippen LogP contribution is 2.41. The van der Waals surface area contributed by atoms with Crippen LogP contribution in [0.2, 0.25) is 0 Å². The molecule has 0 spiro atoms. The van der Waals surface area contributed by atoms with Gasteiger partial charge in [0.25, 0.3) is 0 Å². The molecule has 0 aromatic carbocycles. The lowest BCUT2D eigenvalue weighted by atomic mass is 9.94. The van der Waals surface area contributed by atoms with Crippen molar-refractivity contribution in [1.29, 1.82) is 0 Å². The molecule has 3 saturated carbocycles. The van der Waals surface area contributed by atoms with Crippen LogP contribution in [0.5, 0.6) is 0 Å². The van der Waals surface area contributed by atoms with E-state index in [-0.39, 0.29) is 0 Å². The van der Waals surface area contributed by atoms with E-state index in [1.165, 1.54) is 96.3 Å². The van der Waals surface area contributed by atoms with Gasteiger partial charge in [-0.3, -0.25) is 0 Å². The number of hydrogen-bond donors (Lipinski definition) is 0. The Morgan fingerprint density at radius 2 is 0.822 bits per heavy atom. The van der Waals surface area contributed by atoms with E-state index in [1.807, 2.05) is 64.8 Å². The minimum Gasteiger partial charge on any atom is -0.354 e. The third-order valence-electron chi connectivity index (χ3n) is 9.17. The van der Waals surface area contributed by atoms with Crippen molar-refractivity contribution in [2.24, 2.45) is 0 Å². The first-order valence-corrected chi connectivity index (χ1v) is 25.9. The Bertz CT molecular complexity index is 799. The molecule has 45 heavy (non-hydrogen) atoms. The zero-order chi connectivity index (χ0) is 32.3. The van der Waals surface area contributed by atoms with Gasteiger partial charge in [-0.15, -0.1) is 0 Å². The summed E-state index contributed by atoms with van der Waals surface area (Å²) in [5, 5.41) is 0.479. The molecule has 0 saturated heterocycles. The fraction of sp³-hybridized carbons (Fsp3) is 0.909. The summed E-state index contributed by atoms with van der Waals surface area (Å²) in [6.07, 6.45) is 23.5. The second-order valence-corrected chi connectivity index (χ2v) is 21.9. The van der Waals surface area contributed by atoms with Crippen molar-refractivity contribution in [3.05, 3.63) is 0 Å². The molecule has 3 aliphatic carbocycles. The van der Waals surface area contributed by atoms with E-state index in [0.717, 1.165) is 63.4 Å². The third kappa shape index (κ3) is 15.3. The van der Waals surface area contributed by atoms with Crippen molar-refractivity contribution in [3.63, 3.8) is 0 Å². The predicted octanol–water partition coefficient (Wildman–Crippen LogP) is 12.5. The standard InChI is InChI=1S/C33H59N3S9/c1-4-22-34(27-16-10-7-11-17-27)31(37)43-40-25-30(42-45-33(39)36(24-6-3)29-20-14-9-15-21-29)26-41-44-32(38)35(23-5-2)28-18-12-8-13-19-28/h27-30H,4-26H2,1-3H3. The summed E-state index contributed by atoms with van der Waals surface area (Å²) in [4.78, 5) is 7.68. The van der Waals surface area contributed by atoms with E-state index in [2.05, 4.69) is 35.5 Å². The van der Waals surface area contributed by atoms with Gasteiger partial charge in [0.15, 0.2) is 0 Å². The molecule has 0 aromatic rings. The molecule has 0 amide bonds. The fourth-order valence-electron chi connectivity index (χ4n) is 6.85. The Kier molecular flexibility index (Phi) is 22.7. The molecule has 260 valence electrons. The molecule has 3 rings (SSSR count). The summed E-state index contributed by atoms with van der Waals surface area (Å²) < 4.78 is 3.29. The average molecular weight is 786 g/mol. The van der Waals surface area contributed by atoms with Crippen LogP contribution in [-0.4, -0.2) is 82.2 Å². The van der Waals surface area contributed by atoms with E-state index in [1.54, 1.807) is 0 Å². The normalized spacial score (nSPS) is 18.7. The average Bonchev–Trinajstić information content (AvgIpc) is 3.08. The second-order valence-electron chi connectivity index (χ2n) is 12.8. The summed E-state index contributed by atoms with van der Waals surface area (Å²) in [6.45, 7) is 10.1. The monoisotopic (exact) mass is 785 g/mol. The van der Waals surface area contributed by atoms with Gasteiger partial charge in [0, 0.05) is 54.5 Å². The molecule has 3 aliphatic rings. The molecule has 0 bridgehead atoms. The van der Waals surface area contributed by atoms with Gasteiger partial charge in [-0.05, 0) is 90.2 Å². The molecular formula is C33H59N3S9. The molecule has 0 radical (unpaired) electrons. The van der Waals surface area contributed by atoms with Crippen LogP contribution >= 0.6 is 101 Å². The highest BCUT2D eigenvalue weighted by atomic mass is 33.1. The van der Waals surface area contributed by atoms with Gasteiger partial charge in [0.05, 0.1) is 0 Å². The van der Waals surface area contributed by atoms with E-state index in [4.69, 9.17) is 36.7 Å². The lowest BCUT2D eigenvalue weighted by molar-refractivity contribution is 0.251. The lowest BCUT2D eigenvalue weighted by Crippen LogP contribution is -2.39. The maximum absolute atomic E-state index is 6.11. The first kappa shape index (κ1) is 41.2. The molecular weight excluding hydrogens is 727 g/mol. The maximum atomic E-state index is 6.11. The van der Waals surface area contributed by atoms with E-state index in [0.29, 0.717) is 23.4 Å². The predicted molar refractivity (Wildman–Crippen MR) is 228 cm³/mol. The topological polar surface area (TPSA) is 9.72 Å². The summed E-state index contributed by atoms with van der Waals surface area (Å²) in [5.74, 6) is 2.13. The third-order valence-corrected chi connectivity index (χ3v) is 19.2. The van der Waals surface area contributed by atoms with Gasteiger partial charge >= 0.3 is 0 Å². The van der Waals surface area contributed by atoms with Crippen LogP contribution in [0.1, 0.15) is 136 Å². The van der Waals surface area contributed by atoms with Crippen LogP contribution in [0.25, 0.3) is 0 Å². The number of thiocarbonyl (C=S) groups is 3. The molecule has 3 nitrogen and oxygen atoms in total. The Hall–Kier alpha value is 1.77. The Morgan fingerprint density at radius 3 is 1.13 bits per heavy atom. The molecule has 0 heterocycles. The Labute approximate surface area is 317 Å². The minimum absolute atomic E-state index is 0.479. The molecule has 0 N–H and O–H groups in total. The zero-order valence-electron chi connectivity index (χ0n) is 28.1. The maximum Gasteiger partial charge on any atom is 0.147 e. The quantitative estimate of drug-likeness (QED) is 0.103. The number of rotatable bonds is 17. The van der Waals surface area contributed by atoms with Crippen molar-refractivity contribution in [2.75, 3.05) is 31.1 Å². The van der Waals surface area contributed by atoms with Crippen LogP contribution in [0.4, 0.5) is 0 Å². The van der Waals surface area contributed by atoms with Gasteiger partial charge < -0.3 is 14.7 Å². The lowest BCUT2D eigenvalue weighted by Gasteiger charge is -2.36. The smallest absolute Gasteiger partial charge is 0.147 e. The van der Waals surface area contributed by atoms with Crippen LogP contribution in [-0.2, 0) is 0 Å². The minimum atomic E-state index is 0.479. The summed E-state index contributed by atoms with van der Waals surface area (Å²) in [6, 6.07) is 1.92. The van der Waals surface area contributed by atoms with Crippen molar-refractivity contribution >= 4 is 114 Å². The van der Waals surface area contributed by atoms with Crippen LogP contribution in [0.15, 0.2) is 0 Å². The molecule has 12 heteroatoms. The number of hydrogen-bond acceptors (Lipinski definition) is 9. The molecule has 0 atom stereocenters. The van der Waals surface area contributed by atoms with E-state index < -0.39 is 0 Å². The van der Waals surface area contributed by atoms with Crippen LogP contribution in [0, 0.1) is 0 Å². The SMILES string of the molecule is CCCN(C(=S)SSCC(CSSC(=S)N(CCC)C1CCCCC1)SSC(=S)N(CCC)C1CCCCC1)C1CCCCC1. The van der Waals surface area contributed by atoms with Gasteiger partial charge in [-0.2, -0.15) is 0 Å². The van der Waals surface area contributed by atoms with Crippen molar-refractivity contribution in [3.8, 4) is 0 Å². The summed E-state index contributed by atoms with van der Waals surface area (Å²) in [7, 11) is 11.5. The Balaban J connectivity index is 1.57. The van der Waals surface area contributed by atoms with Crippen LogP contribution in [0.3, 0.4) is 0 Å². The van der Waals surface area contributed by atoms with Crippen molar-refractivity contribution in [2.45, 2.75) is 160 Å². The molecule has 0 aliphatic heterocycles. The second kappa shape index (κ2) is 24.8.